The first-order chi connectivity index (χ1) is 10.0. The summed E-state index contributed by atoms with van der Waals surface area (Å²) in [7, 11) is 0. The zero-order chi connectivity index (χ0) is 15.4. The molecule has 0 bridgehead atoms. The number of rotatable bonds is 4. The van der Waals surface area contributed by atoms with Crippen molar-refractivity contribution < 1.29 is 4.79 Å². The predicted octanol–water partition coefficient (Wildman–Crippen LogP) is 4.40. The largest absolute Gasteiger partial charge is 0.330 e. The van der Waals surface area contributed by atoms with Crippen LogP contribution in [-0.2, 0) is 6.42 Å². The van der Waals surface area contributed by atoms with E-state index in [9.17, 15) is 4.79 Å². The third-order valence-electron chi connectivity index (χ3n) is 2.91. The quantitative estimate of drug-likeness (QED) is 0.808. The molecule has 110 valence electrons. The fraction of sp³-hybridized carbons (Fsp3) is 0.133. The highest BCUT2D eigenvalue weighted by Crippen LogP contribution is 2.32. The van der Waals surface area contributed by atoms with Gasteiger partial charge in [0.25, 0.3) is 5.91 Å². The van der Waals surface area contributed by atoms with Gasteiger partial charge >= 0.3 is 0 Å². The van der Waals surface area contributed by atoms with E-state index in [0.717, 1.165) is 12.0 Å². The molecule has 0 atom stereocenters. The number of hydrogen-bond donors (Lipinski definition) is 2. The van der Waals surface area contributed by atoms with Crippen LogP contribution < -0.4 is 11.1 Å². The second kappa shape index (κ2) is 7.14. The van der Waals surface area contributed by atoms with Gasteiger partial charge in [0.1, 0.15) is 0 Å². The summed E-state index contributed by atoms with van der Waals surface area (Å²) < 4.78 is 0. The van der Waals surface area contributed by atoms with Crippen LogP contribution in [0.1, 0.15) is 15.9 Å². The van der Waals surface area contributed by atoms with Gasteiger partial charge in [-0.2, -0.15) is 0 Å². The van der Waals surface area contributed by atoms with E-state index < -0.39 is 0 Å². The second-order valence-corrected chi connectivity index (χ2v) is 5.66. The van der Waals surface area contributed by atoms with Crippen molar-refractivity contribution >= 4 is 46.4 Å². The average Bonchev–Trinajstić information content (AvgIpc) is 2.46. The van der Waals surface area contributed by atoms with E-state index in [2.05, 4.69) is 5.32 Å². The standard InChI is InChI=1S/C15H13Cl3N2O/c16-11-7-13(18)14(8-12(11)17)20-15(21)10-3-1-9(2-4-10)5-6-19/h1-4,7-8H,5-6,19H2,(H,20,21). The van der Waals surface area contributed by atoms with Crippen molar-refractivity contribution in [3.8, 4) is 0 Å². The Balaban J connectivity index is 2.16. The van der Waals surface area contributed by atoms with Crippen LogP contribution in [0, 0.1) is 0 Å². The molecule has 6 heteroatoms. The van der Waals surface area contributed by atoms with Gasteiger partial charge in [0.2, 0.25) is 0 Å². The van der Waals surface area contributed by atoms with Gasteiger partial charge in [0, 0.05) is 5.56 Å². The molecule has 0 saturated heterocycles. The summed E-state index contributed by atoms with van der Waals surface area (Å²) in [4.78, 5) is 12.2. The highest BCUT2D eigenvalue weighted by molar-refractivity contribution is 6.44. The molecule has 0 aliphatic carbocycles. The summed E-state index contributed by atoms with van der Waals surface area (Å²) >= 11 is 17.8. The zero-order valence-corrected chi connectivity index (χ0v) is 13.3. The zero-order valence-electron chi connectivity index (χ0n) is 11.0. The summed E-state index contributed by atoms with van der Waals surface area (Å²) in [5.74, 6) is -0.269. The van der Waals surface area contributed by atoms with Crippen LogP contribution in [0.25, 0.3) is 0 Å². The minimum Gasteiger partial charge on any atom is -0.330 e. The molecule has 3 N–H and O–H groups in total. The Labute approximate surface area is 138 Å². The molecular weight excluding hydrogens is 331 g/mol. The van der Waals surface area contributed by atoms with Gasteiger partial charge in [-0.15, -0.1) is 0 Å². The lowest BCUT2D eigenvalue weighted by atomic mass is 10.1. The number of carbonyl (C=O) groups excluding carboxylic acids is 1. The molecule has 0 spiro atoms. The molecule has 2 aromatic carbocycles. The molecule has 0 aromatic heterocycles. The number of carbonyl (C=O) groups is 1. The molecule has 0 aliphatic heterocycles. The smallest absolute Gasteiger partial charge is 0.255 e. The molecule has 1 amide bonds. The minimum absolute atomic E-state index is 0.269. The van der Waals surface area contributed by atoms with Crippen molar-refractivity contribution in [1.82, 2.24) is 0 Å². The maximum Gasteiger partial charge on any atom is 0.255 e. The van der Waals surface area contributed by atoms with E-state index in [4.69, 9.17) is 40.5 Å². The fourth-order valence-electron chi connectivity index (χ4n) is 1.80. The maximum atomic E-state index is 12.2. The third-order valence-corrected chi connectivity index (χ3v) is 3.94. The summed E-state index contributed by atoms with van der Waals surface area (Å²) in [6.07, 6.45) is 0.778. The first-order valence-electron chi connectivity index (χ1n) is 6.26. The lowest BCUT2D eigenvalue weighted by Crippen LogP contribution is -2.12. The maximum absolute atomic E-state index is 12.2. The SMILES string of the molecule is NCCc1ccc(C(=O)Nc2cc(Cl)c(Cl)cc2Cl)cc1. The lowest BCUT2D eigenvalue weighted by molar-refractivity contribution is 0.102. The van der Waals surface area contributed by atoms with E-state index in [-0.39, 0.29) is 5.91 Å². The van der Waals surface area contributed by atoms with Crippen molar-refractivity contribution in [2.75, 3.05) is 11.9 Å². The number of nitrogens with one attached hydrogen (secondary N) is 1. The van der Waals surface area contributed by atoms with E-state index >= 15 is 0 Å². The van der Waals surface area contributed by atoms with E-state index in [1.54, 1.807) is 12.1 Å². The van der Waals surface area contributed by atoms with E-state index in [0.29, 0.717) is 32.9 Å². The number of benzene rings is 2. The Bertz CT molecular complexity index is 657. The van der Waals surface area contributed by atoms with E-state index in [1.165, 1.54) is 12.1 Å². The molecule has 21 heavy (non-hydrogen) atoms. The van der Waals surface area contributed by atoms with Gasteiger partial charge in [0.15, 0.2) is 0 Å². The van der Waals surface area contributed by atoms with Crippen molar-refractivity contribution in [3.05, 3.63) is 62.6 Å². The summed E-state index contributed by atoms with van der Waals surface area (Å²) in [5.41, 5.74) is 7.52. The van der Waals surface area contributed by atoms with Gasteiger partial charge in [-0.05, 0) is 42.8 Å². The van der Waals surface area contributed by atoms with Crippen LogP contribution in [0.4, 0.5) is 5.69 Å². The van der Waals surface area contributed by atoms with Gasteiger partial charge in [-0.1, -0.05) is 46.9 Å². The topological polar surface area (TPSA) is 55.1 Å². The molecule has 0 aliphatic rings. The Morgan fingerprint density at radius 2 is 1.62 bits per heavy atom. The highest BCUT2D eigenvalue weighted by atomic mass is 35.5. The monoisotopic (exact) mass is 342 g/mol. The van der Waals surface area contributed by atoms with Crippen molar-refractivity contribution in [2.24, 2.45) is 5.73 Å². The molecule has 0 unspecified atom stereocenters. The third kappa shape index (κ3) is 4.11. The van der Waals surface area contributed by atoms with Gasteiger partial charge in [0.05, 0.1) is 20.8 Å². The van der Waals surface area contributed by atoms with Crippen molar-refractivity contribution in [1.29, 1.82) is 0 Å². The normalized spacial score (nSPS) is 10.5. The Morgan fingerprint density at radius 3 is 2.24 bits per heavy atom. The van der Waals surface area contributed by atoms with Crippen molar-refractivity contribution in [3.63, 3.8) is 0 Å². The minimum atomic E-state index is -0.269. The molecule has 2 aromatic rings. The van der Waals surface area contributed by atoms with Crippen LogP contribution in [0.3, 0.4) is 0 Å². The molecule has 0 radical (unpaired) electrons. The van der Waals surface area contributed by atoms with Crippen LogP contribution in [0.2, 0.25) is 15.1 Å². The summed E-state index contributed by atoms with van der Waals surface area (Å²) in [6, 6.07) is 10.2. The van der Waals surface area contributed by atoms with Crippen LogP contribution >= 0.6 is 34.8 Å². The molecule has 3 nitrogen and oxygen atoms in total. The first-order valence-corrected chi connectivity index (χ1v) is 7.39. The highest BCUT2D eigenvalue weighted by Gasteiger charge is 2.11. The molecule has 0 fully saturated rings. The number of hydrogen-bond acceptors (Lipinski definition) is 2. The first kappa shape index (κ1) is 16.1. The number of halogens is 3. The molecule has 0 heterocycles. The summed E-state index contributed by atoms with van der Waals surface area (Å²) in [5, 5.41) is 3.71. The van der Waals surface area contributed by atoms with Gasteiger partial charge < -0.3 is 11.1 Å². The van der Waals surface area contributed by atoms with Crippen LogP contribution in [-0.4, -0.2) is 12.5 Å². The second-order valence-electron chi connectivity index (χ2n) is 4.44. The molecule has 0 saturated carbocycles. The lowest BCUT2D eigenvalue weighted by Gasteiger charge is -2.09. The van der Waals surface area contributed by atoms with E-state index in [1.807, 2.05) is 12.1 Å². The molecule has 2 rings (SSSR count). The Hall–Kier alpha value is -1.26. The van der Waals surface area contributed by atoms with Crippen molar-refractivity contribution in [2.45, 2.75) is 6.42 Å². The van der Waals surface area contributed by atoms with Gasteiger partial charge in [-0.3, -0.25) is 4.79 Å². The van der Waals surface area contributed by atoms with Crippen LogP contribution in [0.15, 0.2) is 36.4 Å². The average molecular weight is 344 g/mol. The van der Waals surface area contributed by atoms with Crippen LogP contribution in [0.5, 0.6) is 0 Å². The Kier molecular flexibility index (Phi) is 5.48. The number of amides is 1. The number of anilines is 1. The predicted molar refractivity (Wildman–Crippen MR) is 88.6 cm³/mol. The molecular formula is C15H13Cl3N2O. The van der Waals surface area contributed by atoms with Gasteiger partial charge in [-0.25, -0.2) is 0 Å². The Morgan fingerprint density at radius 1 is 1.00 bits per heavy atom. The fourth-order valence-corrected chi connectivity index (χ4v) is 2.40. The summed E-state index contributed by atoms with van der Waals surface area (Å²) in [6.45, 7) is 0.574. The number of nitrogens with two attached hydrogens (primary N) is 1.